The van der Waals surface area contributed by atoms with Crippen molar-refractivity contribution in [1.29, 1.82) is 0 Å². The fourth-order valence-electron chi connectivity index (χ4n) is 3.33. The van der Waals surface area contributed by atoms with E-state index in [0.29, 0.717) is 50.8 Å². The zero-order valence-electron chi connectivity index (χ0n) is 17.6. The molecule has 0 radical (unpaired) electrons. The Labute approximate surface area is 175 Å². The maximum absolute atomic E-state index is 13.0. The molecule has 0 spiro atoms. The number of ether oxygens (including phenoxy) is 1. The maximum atomic E-state index is 13.0. The number of piperazine rings is 1. The van der Waals surface area contributed by atoms with Gasteiger partial charge in [-0.1, -0.05) is 0 Å². The van der Waals surface area contributed by atoms with Crippen molar-refractivity contribution in [3.63, 3.8) is 0 Å². The predicted octanol–water partition coefficient (Wildman–Crippen LogP) is 1.34. The Morgan fingerprint density at radius 1 is 1.23 bits per heavy atom. The van der Waals surface area contributed by atoms with Crippen molar-refractivity contribution in [3.05, 3.63) is 48.0 Å². The molecule has 0 N–H and O–H groups in total. The van der Waals surface area contributed by atoms with Crippen LogP contribution >= 0.6 is 0 Å². The van der Waals surface area contributed by atoms with Crippen LogP contribution in [-0.2, 0) is 11.3 Å². The molecule has 1 unspecified atom stereocenters. The normalized spacial score (nSPS) is 17.1. The van der Waals surface area contributed by atoms with Crippen LogP contribution in [-0.4, -0.2) is 89.2 Å². The second-order valence-corrected chi connectivity index (χ2v) is 7.37. The number of amides is 2. The molecule has 1 atom stereocenters. The van der Waals surface area contributed by atoms with E-state index in [1.165, 1.54) is 12.1 Å². The SMILES string of the molecule is CCn1ccc(C(=O)N2CCN(C)C(C(=O)N(C)CCOc3ccc(F)cc3)C2)n1. The fraction of sp³-hybridized carbons (Fsp3) is 0.476. The monoisotopic (exact) mass is 417 g/mol. The Morgan fingerprint density at radius 3 is 2.63 bits per heavy atom. The van der Waals surface area contributed by atoms with E-state index in [1.807, 2.05) is 18.9 Å². The van der Waals surface area contributed by atoms with E-state index >= 15 is 0 Å². The maximum Gasteiger partial charge on any atom is 0.274 e. The quantitative estimate of drug-likeness (QED) is 0.680. The summed E-state index contributed by atoms with van der Waals surface area (Å²) in [6.07, 6.45) is 1.78. The third-order valence-electron chi connectivity index (χ3n) is 5.29. The summed E-state index contributed by atoms with van der Waals surface area (Å²) in [4.78, 5) is 31.0. The fourth-order valence-corrected chi connectivity index (χ4v) is 3.33. The van der Waals surface area contributed by atoms with Crippen LogP contribution in [0.1, 0.15) is 17.4 Å². The summed E-state index contributed by atoms with van der Waals surface area (Å²) in [6, 6.07) is 7.05. The van der Waals surface area contributed by atoms with E-state index in [4.69, 9.17) is 4.74 Å². The number of hydrogen-bond donors (Lipinski definition) is 0. The molecule has 1 aliphatic rings. The predicted molar refractivity (Wildman–Crippen MR) is 110 cm³/mol. The van der Waals surface area contributed by atoms with Crippen LogP contribution in [0.2, 0.25) is 0 Å². The first-order valence-corrected chi connectivity index (χ1v) is 10.1. The summed E-state index contributed by atoms with van der Waals surface area (Å²) in [7, 11) is 3.60. The summed E-state index contributed by atoms with van der Waals surface area (Å²) in [5.74, 6) is -0.00180. The van der Waals surface area contributed by atoms with Crippen molar-refractivity contribution in [2.45, 2.75) is 19.5 Å². The molecule has 1 saturated heterocycles. The third kappa shape index (κ3) is 5.15. The van der Waals surface area contributed by atoms with E-state index in [2.05, 4.69) is 5.10 Å². The summed E-state index contributed by atoms with van der Waals surface area (Å²) < 4.78 is 20.2. The standard InChI is InChI=1S/C21H28FN5O3/c1-4-27-10-9-18(23-27)20(28)26-12-11-24(2)19(15-26)21(29)25(3)13-14-30-17-7-5-16(22)6-8-17/h5-10,19H,4,11-15H2,1-3H3. The molecule has 2 amide bonds. The van der Waals surface area contributed by atoms with Crippen molar-refractivity contribution in [2.24, 2.45) is 0 Å². The number of halogens is 1. The second kappa shape index (κ2) is 9.71. The summed E-state index contributed by atoms with van der Waals surface area (Å²) >= 11 is 0. The molecule has 2 heterocycles. The molecule has 1 aromatic carbocycles. The second-order valence-electron chi connectivity index (χ2n) is 7.37. The zero-order chi connectivity index (χ0) is 21.7. The molecular formula is C21H28FN5O3. The van der Waals surface area contributed by atoms with Gasteiger partial charge in [0, 0.05) is 39.4 Å². The highest BCUT2D eigenvalue weighted by Gasteiger charge is 2.34. The smallest absolute Gasteiger partial charge is 0.274 e. The molecule has 0 aliphatic carbocycles. The molecule has 9 heteroatoms. The van der Waals surface area contributed by atoms with E-state index in [0.717, 1.165) is 0 Å². The van der Waals surface area contributed by atoms with E-state index in [9.17, 15) is 14.0 Å². The van der Waals surface area contributed by atoms with Gasteiger partial charge in [-0.2, -0.15) is 5.10 Å². The first kappa shape index (κ1) is 21.8. The highest BCUT2D eigenvalue weighted by atomic mass is 19.1. The molecule has 1 aromatic heterocycles. The van der Waals surface area contributed by atoms with Crippen LogP contribution in [0.25, 0.3) is 0 Å². The highest BCUT2D eigenvalue weighted by molar-refractivity contribution is 5.93. The lowest BCUT2D eigenvalue weighted by Gasteiger charge is -2.39. The molecule has 2 aromatic rings. The Hall–Kier alpha value is -2.94. The number of nitrogens with zero attached hydrogens (tertiary/aromatic N) is 5. The van der Waals surface area contributed by atoms with Gasteiger partial charge in [-0.15, -0.1) is 0 Å². The molecule has 8 nitrogen and oxygen atoms in total. The average Bonchev–Trinajstić information content (AvgIpc) is 3.24. The van der Waals surface area contributed by atoms with Crippen LogP contribution in [0.4, 0.5) is 4.39 Å². The van der Waals surface area contributed by atoms with Gasteiger partial charge in [0.15, 0.2) is 0 Å². The largest absolute Gasteiger partial charge is 0.492 e. The summed E-state index contributed by atoms with van der Waals surface area (Å²) in [6.45, 7) is 4.81. The zero-order valence-corrected chi connectivity index (χ0v) is 17.6. The topological polar surface area (TPSA) is 70.9 Å². The Morgan fingerprint density at radius 2 is 1.97 bits per heavy atom. The van der Waals surface area contributed by atoms with Gasteiger partial charge in [-0.3, -0.25) is 19.2 Å². The lowest BCUT2D eigenvalue weighted by molar-refractivity contribution is -0.137. The number of likely N-dealkylation sites (N-methyl/N-ethyl adjacent to an activating group) is 2. The molecule has 162 valence electrons. The van der Waals surface area contributed by atoms with Crippen LogP contribution in [0.3, 0.4) is 0 Å². The van der Waals surface area contributed by atoms with Gasteiger partial charge >= 0.3 is 0 Å². The first-order chi connectivity index (χ1) is 14.4. The number of benzene rings is 1. The van der Waals surface area contributed by atoms with Crippen LogP contribution in [0.5, 0.6) is 5.75 Å². The third-order valence-corrected chi connectivity index (χ3v) is 5.29. The highest BCUT2D eigenvalue weighted by Crippen LogP contribution is 2.14. The van der Waals surface area contributed by atoms with E-state index in [1.54, 1.807) is 45.9 Å². The lowest BCUT2D eigenvalue weighted by Crippen LogP contribution is -2.59. The number of aromatic nitrogens is 2. The minimum absolute atomic E-state index is 0.0724. The van der Waals surface area contributed by atoms with E-state index in [-0.39, 0.29) is 17.6 Å². The molecule has 1 aliphatic heterocycles. The lowest BCUT2D eigenvalue weighted by atomic mass is 10.1. The number of carbonyl (C=O) groups excluding carboxylic acids is 2. The number of hydrogen-bond acceptors (Lipinski definition) is 5. The van der Waals surface area contributed by atoms with Gasteiger partial charge in [0.05, 0.1) is 6.54 Å². The van der Waals surface area contributed by atoms with E-state index < -0.39 is 6.04 Å². The number of rotatable bonds is 7. The Bertz CT molecular complexity index is 870. The Balaban J connectivity index is 1.55. The van der Waals surface area contributed by atoms with Gasteiger partial charge in [-0.05, 0) is 44.3 Å². The molecule has 3 rings (SSSR count). The van der Waals surface area contributed by atoms with Gasteiger partial charge < -0.3 is 14.5 Å². The number of aryl methyl sites for hydroxylation is 1. The summed E-state index contributed by atoms with van der Waals surface area (Å²) in [5.41, 5.74) is 0.397. The molecule has 0 saturated carbocycles. The Kier molecular flexibility index (Phi) is 7.04. The van der Waals surface area contributed by atoms with Gasteiger partial charge in [0.25, 0.3) is 5.91 Å². The minimum Gasteiger partial charge on any atom is -0.492 e. The van der Waals surface area contributed by atoms with Crippen LogP contribution in [0, 0.1) is 5.82 Å². The van der Waals surface area contributed by atoms with Crippen LogP contribution < -0.4 is 4.74 Å². The van der Waals surface area contributed by atoms with Crippen molar-refractivity contribution < 1.29 is 18.7 Å². The molecule has 1 fully saturated rings. The van der Waals surface area contributed by atoms with Crippen molar-refractivity contribution >= 4 is 11.8 Å². The van der Waals surface area contributed by atoms with Crippen molar-refractivity contribution in [3.8, 4) is 5.75 Å². The summed E-state index contributed by atoms with van der Waals surface area (Å²) in [5, 5.41) is 4.28. The van der Waals surface area contributed by atoms with Crippen molar-refractivity contribution in [1.82, 2.24) is 24.5 Å². The molecular weight excluding hydrogens is 389 g/mol. The average molecular weight is 417 g/mol. The minimum atomic E-state index is -0.424. The molecule has 30 heavy (non-hydrogen) atoms. The van der Waals surface area contributed by atoms with Crippen LogP contribution in [0.15, 0.2) is 36.5 Å². The first-order valence-electron chi connectivity index (χ1n) is 10.1. The van der Waals surface area contributed by atoms with Crippen molar-refractivity contribution in [2.75, 3.05) is 46.9 Å². The van der Waals surface area contributed by atoms with Gasteiger partial charge in [0.2, 0.25) is 5.91 Å². The molecule has 0 bridgehead atoms. The number of carbonyl (C=O) groups is 2. The van der Waals surface area contributed by atoms with Gasteiger partial charge in [-0.25, -0.2) is 4.39 Å². The van der Waals surface area contributed by atoms with Gasteiger partial charge in [0.1, 0.15) is 29.9 Å².